The van der Waals surface area contributed by atoms with Crippen LogP contribution in [0.4, 0.5) is 0 Å². The van der Waals surface area contributed by atoms with Gasteiger partial charge in [0.1, 0.15) is 0 Å². The molecule has 1 aliphatic rings. The minimum Gasteiger partial charge on any atom is -0.378 e. The van der Waals surface area contributed by atoms with Crippen LogP contribution >= 0.6 is 12.4 Å². The molecule has 18 heavy (non-hydrogen) atoms. The Labute approximate surface area is 117 Å². The fraction of sp³-hybridized carbons (Fsp3) is 0.923. The van der Waals surface area contributed by atoms with Gasteiger partial charge in [0.05, 0.1) is 6.10 Å². The Morgan fingerprint density at radius 3 is 2.56 bits per heavy atom. The van der Waals surface area contributed by atoms with Crippen LogP contribution in [0.2, 0.25) is 0 Å². The summed E-state index contributed by atoms with van der Waals surface area (Å²) in [4.78, 5) is 13.8. The van der Waals surface area contributed by atoms with Gasteiger partial charge in [-0.15, -0.1) is 12.4 Å². The van der Waals surface area contributed by atoms with Crippen molar-refractivity contribution in [1.82, 2.24) is 4.90 Å². The molecule has 0 bridgehead atoms. The molecule has 5 heteroatoms. The van der Waals surface area contributed by atoms with Gasteiger partial charge in [-0.25, -0.2) is 0 Å². The van der Waals surface area contributed by atoms with Crippen LogP contribution in [0.25, 0.3) is 0 Å². The van der Waals surface area contributed by atoms with Crippen LogP contribution in [0.5, 0.6) is 0 Å². The molecule has 1 aliphatic carbocycles. The summed E-state index contributed by atoms with van der Waals surface area (Å²) in [5.74, 6) is 0.198. The molecule has 1 fully saturated rings. The van der Waals surface area contributed by atoms with Crippen LogP contribution in [-0.4, -0.2) is 43.2 Å². The number of rotatable bonds is 6. The van der Waals surface area contributed by atoms with E-state index in [4.69, 9.17) is 10.5 Å². The summed E-state index contributed by atoms with van der Waals surface area (Å²) in [6.07, 6.45) is 2.55. The molecule has 1 saturated carbocycles. The highest BCUT2D eigenvalue weighted by atomic mass is 35.5. The summed E-state index contributed by atoms with van der Waals surface area (Å²) in [5, 5.41) is 0. The van der Waals surface area contributed by atoms with Crippen LogP contribution in [0, 0.1) is 5.41 Å². The minimum atomic E-state index is 0. The Morgan fingerprint density at radius 1 is 1.50 bits per heavy atom. The molecule has 2 N–H and O–H groups in total. The van der Waals surface area contributed by atoms with E-state index in [1.165, 1.54) is 0 Å². The predicted octanol–water partition coefficient (Wildman–Crippen LogP) is 1.81. The highest BCUT2D eigenvalue weighted by molar-refractivity contribution is 5.85. The molecule has 0 aliphatic heterocycles. The first-order valence-corrected chi connectivity index (χ1v) is 6.52. The molecule has 4 nitrogen and oxygen atoms in total. The third-order valence-corrected chi connectivity index (χ3v) is 3.95. The molecule has 0 radical (unpaired) electrons. The standard InChI is InChI=1S/C13H26N2O2.ClH/c1-5-17-11-9-10(13(11,2)3)15(4)12(16)7-6-8-14;/h10-11H,5-9,14H2,1-4H3;1H. The van der Waals surface area contributed by atoms with Gasteiger partial charge in [0.2, 0.25) is 5.91 Å². The Balaban J connectivity index is 0.00000289. The van der Waals surface area contributed by atoms with Crippen molar-refractivity contribution in [1.29, 1.82) is 0 Å². The predicted molar refractivity (Wildman–Crippen MR) is 75.9 cm³/mol. The van der Waals surface area contributed by atoms with Gasteiger partial charge in [0, 0.05) is 31.5 Å². The van der Waals surface area contributed by atoms with E-state index in [0.717, 1.165) is 19.4 Å². The van der Waals surface area contributed by atoms with E-state index < -0.39 is 0 Å². The second-order valence-electron chi connectivity index (χ2n) is 5.41. The monoisotopic (exact) mass is 278 g/mol. The zero-order valence-electron chi connectivity index (χ0n) is 11.9. The third-order valence-electron chi connectivity index (χ3n) is 3.95. The molecule has 0 heterocycles. The van der Waals surface area contributed by atoms with Crippen LogP contribution < -0.4 is 5.73 Å². The second kappa shape index (κ2) is 7.31. The molecule has 0 aromatic heterocycles. The molecule has 1 rings (SSSR count). The summed E-state index contributed by atoms with van der Waals surface area (Å²) in [5.41, 5.74) is 5.48. The van der Waals surface area contributed by atoms with E-state index in [1.807, 2.05) is 18.9 Å². The number of ether oxygens (including phenoxy) is 1. The lowest BCUT2D eigenvalue weighted by Gasteiger charge is -2.54. The van der Waals surface area contributed by atoms with Gasteiger partial charge in [0.15, 0.2) is 0 Å². The van der Waals surface area contributed by atoms with E-state index in [2.05, 4.69) is 13.8 Å². The highest BCUT2D eigenvalue weighted by Gasteiger charge is 2.51. The largest absolute Gasteiger partial charge is 0.378 e. The topological polar surface area (TPSA) is 55.6 Å². The summed E-state index contributed by atoms with van der Waals surface area (Å²) < 4.78 is 5.68. The van der Waals surface area contributed by atoms with Crippen molar-refractivity contribution in [3.05, 3.63) is 0 Å². The maximum atomic E-state index is 11.9. The highest BCUT2D eigenvalue weighted by Crippen LogP contribution is 2.45. The first-order valence-electron chi connectivity index (χ1n) is 6.52. The molecule has 108 valence electrons. The number of amides is 1. The van der Waals surface area contributed by atoms with Gasteiger partial charge in [-0.2, -0.15) is 0 Å². The summed E-state index contributed by atoms with van der Waals surface area (Å²) >= 11 is 0. The van der Waals surface area contributed by atoms with Crippen molar-refractivity contribution in [3.63, 3.8) is 0 Å². The molecule has 0 spiro atoms. The van der Waals surface area contributed by atoms with Gasteiger partial charge < -0.3 is 15.4 Å². The van der Waals surface area contributed by atoms with Crippen molar-refractivity contribution in [2.45, 2.75) is 52.2 Å². The van der Waals surface area contributed by atoms with Gasteiger partial charge in [0.25, 0.3) is 0 Å². The van der Waals surface area contributed by atoms with E-state index in [0.29, 0.717) is 19.0 Å². The quantitative estimate of drug-likeness (QED) is 0.806. The first-order chi connectivity index (χ1) is 7.95. The zero-order valence-corrected chi connectivity index (χ0v) is 12.8. The van der Waals surface area contributed by atoms with Crippen LogP contribution in [0.15, 0.2) is 0 Å². The van der Waals surface area contributed by atoms with Crippen molar-refractivity contribution >= 4 is 18.3 Å². The molecule has 0 aromatic carbocycles. The Hall–Kier alpha value is -0.320. The van der Waals surface area contributed by atoms with Gasteiger partial charge >= 0.3 is 0 Å². The number of nitrogens with two attached hydrogens (primary N) is 1. The Bertz CT molecular complexity index is 272. The van der Waals surface area contributed by atoms with Crippen molar-refractivity contribution < 1.29 is 9.53 Å². The van der Waals surface area contributed by atoms with Crippen LogP contribution in [-0.2, 0) is 9.53 Å². The average molecular weight is 279 g/mol. The maximum absolute atomic E-state index is 11.9. The minimum absolute atomic E-state index is 0. The number of carbonyl (C=O) groups is 1. The molecule has 0 saturated heterocycles. The van der Waals surface area contributed by atoms with E-state index in [1.54, 1.807) is 0 Å². The number of nitrogens with zero attached hydrogens (tertiary/aromatic N) is 1. The van der Waals surface area contributed by atoms with Crippen molar-refractivity contribution in [2.75, 3.05) is 20.2 Å². The number of hydrogen-bond acceptors (Lipinski definition) is 3. The first kappa shape index (κ1) is 17.7. The fourth-order valence-corrected chi connectivity index (χ4v) is 2.61. The molecule has 1 amide bonds. The Morgan fingerprint density at radius 2 is 2.11 bits per heavy atom. The van der Waals surface area contributed by atoms with Gasteiger partial charge in [-0.3, -0.25) is 4.79 Å². The average Bonchev–Trinajstić information content (AvgIpc) is 2.30. The summed E-state index contributed by atoms with van der Waals surface area (Å²) in [7, 11) is 1.90. The van der Waals surface area contributed by atoms with Crippen LogP contribution in [0.1, 0.15) is 40.0 Å². The Kier molecular flexibility index (Phi) is 7.18. The summed E-state index contributed by atoms with van der Waals surface area (Å²) in [6, 6.07) is 0.296. The fourth-order valence-electron chi connectivity index (χ4n) is 2.61. The molecular formula is C13H27ClN2O2. The molecule has 2 atom stereocenters. The van der Waals surface area contributed by atoms with E-state index >= 15 is 0 Å². The summed E-state index contributed by atoms with van der Waals surface area (Å²) in [6.45, 7) is 7.68. The van der Waals surface area contributed by atoms with Gasteiger partial charge in [-0.05, 0) is 26.3 Å². The van der Waals surface area contributed by atoms with Crippen LogP contribution in [0.3, 0.4) is 0 Å². The number of hydrogen-bond donors (Lipinski definition) is 1. The normalized spacial score (nSPS) is 24.9. The number of halogens is 1. The van der Waals surface area contributed by atoms with Crippen molar-refractivity contribution in [2.24, 2.45) is 11.1 Å². The SMILES string of the molecule is CCOC1CC(N(C)C(=O)CCCN)C1(C)C.Cl. The lowest BCUT2D eigenvalue weighted by atomic mass is 9.63. The molecular weight excluding hydrogens is 252 g/mol. The lowest BCUT2D eigenvalue weighted by Crippen LogP contribution is -2.62. The molecule has 2 unspecified atom stereocenters. The zero-order chi connectivity index (χ0) is 13.1. The third kappa shape index (κ3) is 3.59. The maximum Gasteiger partial charge on any atom is 0.222 e. The van der Waals surface area contributed by atoms with Gasteiger partial charge in [-0.1, -0.05) is 13.8 Å². The molecule has 0 aromatic rings. The number of carbonyl (C=O) groups excluding carboxylic acids is 1. The smallest absolute Gasteiger partial charge is 0.222 e. The van der Waals surface area contributed by atoms with Crippen molar-refractivity contribution in [3.8, 4) is 0 Å². The lowest BCUT2D eigenvalue weighted by molar-refractivity contribution is -0.163. The second-order valence-corrected chi connectivity index (χ2v) is 5.41. The van der Waals surface area contributed by atoms with E-state index in [9.17, 15) is 4.79 Å². The van der Waals surface area contributed by atoms with E-state index in [-0.39, 0.29) is 29.8 Å².